The number of carboxylic acids is 1. The van der Waals surface area contributed by atoms with Gasteiger partial charge < -0.3 is 19.3 Å². The van der Waals surface area contributed by atoms with Crippen molar-refractivity contribution in [2.75, 3.05) is 13.2 Å². The van der Waals surface area contributed by atoms with Gasteiger partial charge in [-0.15, -0.1) is 0 Å². The molecule has 0 heterocycles. The molecule has 1 saturated carbocycles. The Kier molecular flexibility index (Phi) is 8.58. The third-order valence-corrected chi connectivity index (χ3v) is 6.07. The molecule has 1 N–H and O–H groups in total. The number of rotatable bonds is 12. The summed E-state index contributed by atoms with van der Waals surface area (Å²) in [4.78, 5) is 11.6. The lowest BCUT2D eigenvalue weighted by Crippen LogP contribution is -2.30. The smallest absolute Gasteiger partial charge is 0.333 e. The molecular formula is C29H32O5. The van der Waals surface area contributed by atoms with E-state index in [4.69, 9.17) is 14.2 Å². The maximum atomic E-state index is 11.6. The summed E-state index contributed by atoms with van der Waals surface area (Å²) in [5, 5.41) is 9.50. The van der Waals surface area contributed by atoms with Gasteiger partial charge in [0.2, 0.25) is 0 Å². The van der Waals surface area contributed by atoms with Crippen LogP contribution in [0.15, 0.2) is 78.9 Å². The molecular weight excluding hydrogens is 428 g/mol. The Balaban J connectivity index is 1.18. The van der Waals surface area contributed by atoms with Crippen molar-refractivity contribution in [2.45, 2.75) is 50.7 Å². The zero-order valence-corrected chi connectivity index (χ0v) is 19.4. The van der Waals surface area contributed by atoms with E-state index in [1.165, 1.54) is 11.1 Å². The first-order chi connectivity index (χ1) is 16.7. The van der Waals surface area contributed by atoms with Crippen molar-refractivity contribution < 1.29 is 24.1 Å². The van der Waals surface area contributed by atoms with Crippen LogP contribution in [0.25, 0.3) is 0 Å². The molecule has 1 aliphatic rings. The van der Waals surface area contributed by atoms with Crippen LogP contribution in [0.1, 0.15) is 42.4 Å². The second kappa shape index (κ2) is 12.2. The largest absolute Gasteiger partial charge is 0.490 e. The molecule has 0 aromatic heterocycles. The van der Waals surface area contributed by atoms with Crippen molar-refractivity contribution in [1.82, 2.24) is 0 Å². The van der Waals surface area contributed by atoms with Crippen molar-refractivity contribution in [1.29, 1.82) is 0 Å². The van der Waals surface area contributed by atoms with Crippen LogP contribution in [-0.4, -0.2) is 36.5 Å². The molecule has 0 aliphatic heterocycles. The SMILES string of the molecule is O=C(O)C(Cc1ccc(OCCOc2ccc(Cc3ccccc3)cc2)cc1)OC1CCCC1. The highest BCUT2D eigenvalue weighted by Crippen LogP contribution is 2.24. The van der Waals surface area contributed by atoms with Gasteiger partial charge in [-0.2, -0.15) is 0 Å². The third kappa shape index (κ3) is 7.35. The maximum Gasteiger partial charge on any atom is 0.333 e. The number of carbonyl (C=O) groups is 1. The zero-order chi connectivity index (χ0) is 23.6. The van der Waals surface area contributed by atoms with Gasteiger partial charge in [0.15, 0.2) is 6.10 Å². The van der Waals surface area contributed by atoms with E-state index in [1.807, 2.05) is 42.5 Å². The lowest BCUT2D eigenvalue weighted by Gasteiger charge is -2.18. The number of carboxylic acid groups (broad SMARTS) is 1. The molecule has 1 unspecified atom stereocenters. The molecule has 3 aromatic carbocycles. The molecule has 1 atom stereocenters. The van der Waals surface area contributed by atoms with E-state index < -0.39 is 12.1 Å². The van der Waals surface area contributed by atoms with E-state index in [2.05, 4.69) is 36.4 Å². The second-order valence-electron chi connectivity index (χ2n) is 8.72. The fraction of sp³-hybridized carbons (Fsp3) is 0.345. The molecule has 34 heavy (non-hydrogen) atoms. The Bertz CT molecular complexity index is 1010. The summed E-state index contributed by atoms with van der Waals surface area (Å²) in [6, 6.07) is 26.1. The van der Waals surface area contributed by atoms with Gasteiger partial charge in [0.25, 0.3) is 0 Å². The highest BCUT2D eigenvalue weighted by molar-refractivity contribution is 5.72. The van der Waals surface area contributed by atoms with Crippen LogP contribution in [0.2, 0.25) is 0 Å². The van der Waals surface area contributed by atoms with Crippen LogP contribution in [0.3, 0.4) is 0 Å². The Hall–Kier alpha value is -3.31. The van der Waals surface area contributed by atoms with Crippen LogP contribution in [0, 0.1) is 0 Å². The fourth-order valence-electron chi connectivity index (χ4n) is 4.24. The standard InChI is InChI=1S/C29H32O5/c30-29(31)28(34-27-8-4-5-9-27)21-24-12-16-26(17-13-24)33-19-18-32-25-14-10-23(11-15-25)20-22-6-2-1-3-7-22/h1-3,6-7,10-17,27-28H,4-5,8-9,18-21H2,(H,30,31). The molecule has 4 rings (SSSR count). The summed E-state index contributed by atoms with van der Waals surface area (Å²) in [6.45, 7) is 0.865. The number of benzene rings is 3. The average Bonchev–Trinajstić information content (AvgIpc) is 3.37. The summed E-state index contributed by atoms with van der Waals surface area (Å²) in [7, 11) is 0. The van der Waals surface area contributed by atoms with E-state index >= 15 is 0 Å². The number of hydrogen-bond acceptors (Lipinski definition) is 4. The Morgan fingerprint density at radius 2 is 1.29 bits per heavy atom. The lowest BCUT2D eigenvalue weighted by atomic mass is 10.1. The van der Waals surface area contributed by atoms with Crippen LogP contribution in [-0.2, 0) is 22.4 Å². The summed E-state index contributed by atoms with van der Waals surface area (Å²) in [5.74, 6) is 0.643. The molecule has 5 heteroatoms. The Morgan fingerprint density at radius 3 is 1.85 bits per heavy atom. The van der Waals surface area contributed by atoms with Gasteiger partial charge >= 0.3 is 5.97 Å². The third-order valence-electron chi connectivity index (χ3n) is 6.07. The molecule has 0 saturated heterocycles. The van der Waals surface area contributed by atoms with Gasteiger partial charge in [-0.3, -0.25) is 0 Å². The van der Waals surface area contributed by atoms with Crippen molar-refractivity contribution in [3.8, 4) is 11.5 Å². The van der Waals surface area contributed by atoms with Gasteiger partial charge in [-0.1, -0.05) is 67.4 Å². The monoisotopic (exact) mass is 460 g/mol. The number of hydrogen-bond donors (Lipinski definition) is 1. The molecule has 1 aliphatic carbocycles. The van der Waals surface area contributed by atoms with Crippen LogP contribution >= 0.6 is 0 Å². The molecule has 178 valence electrons. The normalized spacial score (nSPS) is 14.6. The average molecular weight is 461 g/mol. The first kappa shape index (κ1) is 23.8. The Morgan fingerprint density at radius 1 is 0.765 bits per heavy atom. The van der Waals surface area contributed by atoms with E-state index in [9.17, 15) is 9.90 Å². The van der Waals surface area contributed by atoms with Crippen LogP contribution in [0.4, 0.5) is 0 Å². The van der Waals surface area contributed by atoms with E-state index in [-0.39, 0.29) is 6.10 Å². The summed E-state index contributed by atoms with van der Waals surface area (Å²) in [6.07, 6.45) is 4.67. The quantitative estimate of drug-likeness (QED) is 0.352. The van der Waals surface area contributed by atoms with Crippen molar-refractivity contribution in [3.63, 3.8) is 0 Å². The van der Waals surface area contributed by atoms with Gasteiger partial charge in [-0.05, 0) is 60.2 Å². The summed E-state index contributed by atoms with van der Waals surface area (Å²) in [5.41, 5.74) is 3.45. The molecule has 0 spiro atoms. The van der Waals surface area contributed by atoms with E-state index in [1.54, 1.807) is 0 Å². The van der Waals surface area contributed by atoms with Crippen LogP contribution < -0.4 is 9.47 Å². The van der Waals surface area contributed by atoms with Gasteiger partial charge in [0, 0.05) is 6.42 Å². The minimum Gasteiger partial charge on any atom is -0.490 e. The predicted molar refractivity (Wildman–Crippen MR) is 132 cm³/mol. The first-order valence-corrected chi connectivity index (χ1v) is 12.0. The van der Waals surface area contributed by atoms with Crippen molar-refractivity contribution >= 4 is 5.97 Å². The second-order valence-corrected chi connectivity index (χ2v) is 8.72. The maximum absolute atomic E-state index is 11.6. The molecule has 5 nitrogen and oxygen atoms in total. The molecule has 0 amide bonds. The lowest BCUT2D eigenvalue weighted by molar-refractivity contribution is -0.154. The van der Waals surface area contributed by atoms with Gasteiger partial charge in [0.05, 0.1) is 6.10 Å². The van der Waals surface area contributed by atoms with E-state index in [0.29, 0.717) is 19.6 Å². The predicted octanol–water partition coefficient (Wildman–Crippen LogP) is 5.69. The number of ether oxygens (including phenoxy) is 3. The topological polar surface area (TPSA) is 65.0 Å². The minimum atomic E-state index is -0.905. The van der Waals surface area contributed by atoms with E-state index in [0.717, 1.165) is 49.2 Å². The molecule has 0 radical (unpaired) electrons. The summed E-state index contributed by atoms with van der Waals surface area (Å²) >= 11 is 0. The van der Waals surface area contributed by atoms with Crippen molar-refractivity contribution in [2.24, 2.45) is 0 Å². The van der Waals surface area contributed by atoms with Gasteiger partial charge in [-0.25, -0.2) is 4.79 Å². The van der Waals surface area contributed by atoms with Crippen molar-refractivity contribution in [3.05, 3.63) is 95.6 Å². The van der Waals surface area contributed by atoms with Crippen LogP contribution in [0.5, 0.6) is 11.5 Å². The Labute approximate surface area is 201 Å². The number of aliphatic carboxylic acids is 1. The highest BCUT2D eigenvalue weighted by atomic mass is 16.5. The first-order valence-electron chi connectivity index (χ1n) is 12.0. The zero-order valence-electron chi connectivity index (χ0n) is 19.4. The summed E-state index contributed by atoms with van der Waals surface area (Å²) < 4.78 is 17.4. The molecule has 1 fully saturated rings. The molecule has 0 bridgehead atoms. The molecule has 3 aromatic rings. The van der Waals surface area contributed by atoms with Gasteiger partial charge in [0.1, 0.15) is 24.7 Å². The highest BCUT2D eigenvalue weighted by Gasteiger charge is 2.25. The fourth-order valence-corrected chi connectivity index (χ4v) is 4.24. The minimum absolute atomic E-state index is 0.0729.